The molecule has 0 fully saturated rings. The summed E-state index contributed by atoms with van der Waals surface area (Å²) in [5.41, 5.74) is 1.78. The van der Waals surface area contributed by atoms with Crippen molar-refractivity contribution in [3.63, 3.8) is 0 Å². The molecule has 0 aliphatic carbocycles. The van der Waals surface area contributed by atoms with Gasteiger partial charge in [-0.05, 0) is 30.3 Å². The number of amides is 1. The lowest BCUT2D eigenvalue weighted by Crippen LogP contribution is -2.35. The van der Waals surface area contributed by atoms with Gasteiger partial charge in [0.1, 0.15) is 10.7 Å². The number of rotatable bonds is 3. The number of hydrogen-bond donors (Lipinski definition) is 1. The van der Waals surface area contributed by atoms with Crippen molar-refractivity contribution in [3.8, 4) is 0 Å². The molecule has 130 valence electrons. The third kappa shape index (κ3) is 3.28. The fourth-order valence-corrected chi connectivity index (χ4v) is 4.07. The Kier molecular flexibility index (Phi) is 4.34. The van der Waals surface area contributed by atoms with Gasteiger partial charge in [-0.3, -0.25) is 9.69 Å². The Labute approximate surface area is 147 Å². The molecule has 0 saturated carbocycles. The fourth-order valence-electron chi connectivity index (χ4n) is 2.74. The summed E-state index contributed by atoms with van der Waals surface area (Å²) in [6.45, 7) is 5.18. The van der Waals surface area contributed by atoms with Gasteiger partial charge in [-0.25, -0.2) is 0 Å². The minimum atomic E-state index is -3.84. The van der Waals surface area contributed by atoms with Crippen LogP contribution in [0.15, 0.2) is 57.8 Å². The van der Waals surface area contributed by atoms with Gasteiger partial charge in [0.05, 0.1) is 5.69 Å². The molecular formula is C18H19N3O3S. The summed E-state index contributed by atoms with van der Waals surface area (Å²) in [5, 5.41) is 2.61. The molecule has 1 heterocycles. The first-order valence-corrected chi connectivity index (χ1v) is 9.35. The molecule has 1 aliphatic heterocycles. The average Bonchev–Trinajstić information content (AvgIpc) is 2.55. The third-order valence-corrected chi connectivity index (χ3v) is 5.08. The van der Waals surface area contributed by atoms with Crippen LogP contribution in [-0.2, 0) is 14.8 Å². The summed E-state index contributed by atoms with van der Waals surface area (Å²) in [4.78, 5) is 13.2. The SMILES string of the molecule is CC(=O)Nc1ccc2c(c1)S(=O)(=O)N=C(C(C)C)N2c1ccccc1. The molecule has 1 amide bonds. The molecule has 7 heteroatoms. The van der Waals surface area contributed by atoms with E-state index in [4.69, 9.17) is 0 Å². The number of hydrogen-bond acceptors (Lipinski definition) is 4. The largest absolute Gasteiger partial charge is 0.326 e. The number of anilines is 3. The zero-order chi connectivity index (χ0) is 18.2. The lowest BCUT2D eigenvalue weighted by Gasteiger charge is -2.33. The number of amidine groups is 1. The van der Waals surface area contributed by atoms with E-state index < -0.39 is 10.0 Å². The van der Waals surface area contributed by atoms with Crippen LogP contribution in [0, 0.1) is 5.92 Å². The maximum Gasteiger partial charge on any atom is 0.286 e. The zero-order valence-corrected chi connectivity index (χ0v) is 15.0. The number of carbonyl (C=O) groups is 1. The molecule has 0 bridgehead atoms. The number of benzene rings is 2. The first-order valence-electron chi connectivity index (χ1n) is 7.91. The summed E-state index contributed by atoms with van der Waals surface area (Å²) < 4.78 is 29.4. The lowest BCUT2D eigenvalue weighted by atomic mass is 10.1. The topological polar surface area (TPSA) is 78.8 Å². The van der Waals surface area contributed by atoms with Gasteiger partial charge in [0.2, 0.25) is 5.91 Å². The molecule has 1 aliphatic rings. The molecule has 2 aromatic carbocycles. The molecule has 0 aromatic heterocycles. The molecule has 0 radical (unpaired) electrons. The summed E-state index contributed by atoms with van der Waals surface area (Å²) in [6, 6.07) is 14.3. The Morgan fingerprint density at radius 1 is 1.12 bits per heavy atom. The Morgan fingerprint density at radius 3 is 2.40 bits per heavy atom. The Balaban J connectivity index is 2.23. The standard InChI is InChI=1S/C18H19N3O3S/c1-12(2)18-20-25(23,24)17-11-14(19-13(3)22)9-10-16(17)21(18)15-7-5-4-6-8-15/h4-12H,1-3H3,(H,19,22). The van der Waals surface area contributed by atoms with E-state index in [1.165, 1.54) is 13.0 Å². The zero-order valence-electron chi connectivity index (χ0n) is 14.2. The van der Waals surface area contributed by atoms with Gasteiger partial charge in [0, 0.05) is 24.2 Å². The first kappa shape index (κ1) is 17.2. The molecule has 25 heavy (non-hydrogen) atoms. The van der Waals surface area contributed by atoms with Crippen LogP contribution in [0.5, 0.6) is 0 Å². The molecular weight excluding hydrogens is 338 g/mol. The number of carbonyl (C=O) groups excluding carboxylic acids is 1. The third-order valence-electron chi connectivity index (χ3n) is 3.77. The van der Waals surface area contributed by atoms with Crippen molar-refractivity contribution in [2.75, 3.05) is 10.2 Å². The van der Waals surface area contributed by atoms with Crippen molar-refractivity contribution in [2.45, 2.75) is 25.7 Å². The van der Waals surface area contributed by atoms with Gasteiger partial charge in [-0.15, -0.1) is 4.40 Å². The highest BCUT2D eigenvalue weighted by atomic mass is 32.2. The molecule has 6 nitrogen and oxygen atoms in total. The number of fused-ring (bicyclic) bond motifs is 1. The Bertz CT molecular complexity index is 951. The van der Waals surface area contributed by atoms with E-state index in [9.17, 15) is 13.2 Å². The number of sulfonamides is 1. The van der Waals surface area contributed by atoms with Crippen LogP contribution in [0.25, 0.3) is 0 Å². The highest BCUT2D eigenvalue weighted by molar-refractivity contribution is 7.90. The van der Waals surface area contributed by atoms with E-state index >= 15 is 0 Å². The summed E-state index contributed by atoms with van der Waals surface area (Å²) in [5.74, 6) is 0.114. The quantitative estimate of drug-likeness (QED) is 0.911. The van der Waals surface area contributed by atoms with Gasteiger partial charge < -0.3 is 5.32 Å². The van der Waals surface area contributed by atoms with E-state index in [2.05, 4.69) is 9.71 Å². The van der Waals surface area contributed by atoms with Crippen LogP contribution >= 0.6 is 0 Å². The maximum atomic E-state index is 12.7. The fraction of sp³-hybridized carbons (Fsp3) is 0.222. The minimum absolute atomic E-state index is 0.0759. The van der Waals surface area contributed by atoms with Crippen molar-refractivity contribution in [1.29, 1.82) is 0 Å². The van der Waals surface area contributed by atoms with Gasteiger partial charge >= 0.3 is 0 Å². The van der Waals surface area contributed by atoms with Crippen molar-refractivity contribution in [1.82, 2.24) is 0 Å². The van der Waals surface area contributed by atoms with E-state index in [0.717, 1.165) is 5.69 Å². The van der Waals surface area contributed by atoms with Crippen LogP contribution in [-0.4, -0.2) is 20.2 Å². The molecule has 0 unspecified atom stereocenters. The number of nitrogens with zero attached hydrogens (tertiary/aromatic N) is 2. The van der Waals surface area contributed by atoms with Crippen molar-refractivity contribution >= 4 is 38.8 Å². The highest BCUT2D eigenvalue weighted by Gasteiger charge is 2.33. The molecule has 2 aromatic rings. The first-order chi connectivity index (χ1) is 11.8. The van der Waals surface area contributed by atoms with Crippen molar-refractivity contribution in [2.24, 2.45) is 10.3 Å². The van der Waals surface area contributed by atoms with Crippen molar-refractivity contribution in [3.05, 3.63) is 48.5 Å². The number of para-hydroxylation sites is 1. The minimum Gasteiger partial charge on any atom is -0.326 e. The normalized spacial score (nSPS) is 15.5. The van der Waals surface area contributed by atoms with E-state index in [0.29, 0.717) is 17.2 Å². The predicted molar refractivity (Wildman–Crippen MR) is 98.8 cm³/mol. The Hall–Kier alpha value is -2.67. The van der Waals surface area contributed by atoms with Crippen LogP contribution in [0.1, 0.15) is 20.8 Å². The second-order valence-electron chi connectivity index (χ2n) is 6.11. The van der Waals surface area contributed by atoms with E-state index in [1.807, 2.05) is 49.1 Å². The summed E-state index contributed by atoms with van der Waals surface area (Å²) >= 11 is 0. The van der Waals surface area contributed by atoms with Crippen LogP contribution in [0.4, 0.5) is 17.1 Å². The highest BCUT2D eigenvalue weighted by Crippen LogP contribution is 2.39. The number of nitrogens with one attached hydrogen (secondary N) is 1. The second kappa shape index (κ2) is 6.33. The average molecular weight is 357 g/mol. The summed E-state index contributed by atoms with van der Waals surface area (Å²) in [7, 11) is -3.84. The van der Waals surface area contributed by atoms with E-state index in [1.54, 1.807) is 12.1 Å². The van der Waals surface area contributed by atoms with Gasteiger partial charge in [-0.1, -0.05) is 32.0 Å². The molecule has 0 spiro atoms. The van der Waals surface area contributed by atoms with Gasteiger partial charge in [0.25, 0.3) is 10.0 Å². The molecule has 3 rings (SSSR count). The van der Waals surface area contributed by atoms with Crippen LogP contribution in [0.3, 0.4) is 0 Å². The van der Waals surface area contributed by atoms with Gasteiger partial charge in [0.15, 0.2) is 0 Å². The van der Waals surface area contributed by atoms with Crippen molar-refractivity contribution < 1.29 is 13.2 Å². The second-order valence-corrected chi connectivity index (χ2v) is 7.69. The molecule has 0 atom stereocenters. The van der Waals surface area contributed by atoms with Crippen LogP contribution in [0.2, 0.25) is 0 Å². The Morgan fingerprint density at radius 2 is 1.80 bits per heavy atom. The summed E-state index contributed by atoms with van der Waals surface area (Å²) in [6.07, 6.45) is 0. The van der Waals surface area contributed by atoms with Crippen LogP contribution < -0.4 is 10.2 Å². The lowest BCUT2D eigenvalue weighted by molar-refractivity contribution is -0.114. The molecule has 0 saturated heterocycles. The monoisotopic (exact) mass is 357 g/mol. The predicted octanol–water partition coefficient (Wildman–Crippen LogP) is 3.54. The smallest absolute Gasteiger partial charge is 0.286 e. The van der Waals surface area contributed by atoms with Gasteiger partial charge in [-0.2, -0.15) is 8.42 Å². The molecule has 1 N–H and O–H groups in total. The van der Waals surface area contributed by atoms with E-state index in [-0.39, 0.29) is 16.7 Å². The maximum absolute atomic E-state index is 12.7.